The zero-order valence-electron chi connectivity index (χ0n) is 12.1. The summed E-state index contributed by atoms with van der Waals surface area (Å²) in [5.41, 5.74) is 5.23. The maximum atomic E-state index is 12.8. The summed E-state index contributed by atoms with van der Waals surface area (Å²) in [6, 6.07) is 2.81. The molecule has 1 heterocycles. The number of hydrogen-bond donors (Lipinski definition) is 1. The molecule has 1 aromatic rings. The Labute approximate surface area is 135 Å². The van der Waals surface area contributed by atoms with Gasteiger partial charge in [-0.1, -0.05) is 23.2 Å². The van der Waals surface area contributed by atoms with Gasteiger partial charge < -0.3 is 10.5 Å². The summed E-state index contributed by atoms with van der Waals surface area (Å²) in [6.07, 6.45) is -0.202. The van der Waals surface area contributed by atoms with Crippen molar-refractivity contribution >= 4 is 38.9 Å². The molecule has 1 aliphatic rings. The number of ether oxygens (including phenoxy) is 1. The molecular weight excluding hydrogens is 335 g/mol. The largest absolute Gasteiger partial charge is 0.396 e. The van der Waals surface area contributed by atoms with Crippen molar-refractivity contribution in [2.24, 2.45) is 0 Å². The average molecular weight is 353 g/mol. The van der Waals surface area contributed by atoms with Crippen LogP contribution in [-0.2, 0) is 14.8 Å². The third kappa shape index (κ3) is 3.29. The molecule has 1 atom stereocenters. The van der Waals surface area contributed by atoms with Gasteiger partial charge in [-0.2, -0.15) is 4.31 Å². The predicted molar refractivity (Wildman–Crippen MR) is 84.3 cm³/mol. The van der Waals surface area contributed by atoms with Crippen molar-refractivity contribution in [3.63, 3.8) is 0 Å². The van der Waals surface area contributed by atoms with E-state index in [1.54, 1.807) is 0 Å². The Morgan fingerprint density at radius 1 is 1.38 bits per heavy atom. The van der Waals surface area contributed by atoms with Gasteiger partial charge in [0.1, 0.15) is 4.90 Å². The first-order valence-corrected chi connectivity index (χ1v) is 8.65. The molecule has 1 saturated heterocycles. The van der Waals surface area contributed by atoms with Crippen LogP contribution in [0.15, 0.2) is 17.0 Å². The molecule has 1 aliphatic heterocycles. The van der Waals surface area contributed by atoms with Crippen molar-refractivity contribution in [1.82, 2.24) is 4.31 Å². The molecule has 1 fully saturated rings. The highest BCUT2D eigenvalue weighted by Crippen LogP contribution is 2.36. The van der Waals surface area contributed by atoms with E-state index in [-0.39, 0.29) is 39.8 Å². The number of nitrogen functional groups attached to an aromatic ring is 1. The van der Waals surface area contributed by atoms with E-state index >= 15 is 0 Å². The number of rotatable bonds is 2. The SMILES string of the molecule is CC1CN(S(=O)(=O)c2ccc(Cl)c(N)c2Cl)CC(C)(C)O1. The zero-order valence-corrected chi connectivity index (χ0v) is 14.4. The minimum Gasteiger partial charge on any atom is -0.396 e. The summed E-state index contributed by atoms with van der Waals surface area (Å²) in [5.74, 6) is 0. The molecule has 2 N–H and O–H groups in total. The highest BCUT2D eigenvalue weighted by Gasteiger charge is 2.38. The van der Waals surface area contributed by atoms with Crippen LogP contribution in [-0.4, -0.2) is 37.5 Å². The first-order valence-electron chi connectivity index (χ1n) is 6.46. The zero-order chi connectivity index (χ0) is 16.0. The van der Waals surface area contributed by atoms with Gasteiger partial charge in [0.25, 0.3) is 0 Å². The van der Waals surface area contributed by atoms with Gasteiger partial charge in [0, 0.05) is 13.1 Å². The van der Waals surface area contributed by atoms with Crippen LogP contribution in [0.4, 0.5) is 5.69 Å². The molecule has 1 unspecified atom stereocenters. The summed E-state index contributed by atoms with van der Waals surface area (Å²) in [7, 11) is -3.75. The molecule has 1 aromatic carbocycles. The number of morpholine rings is 1. The van der Waals surface area contributed by atoms with Crippen molar-refractivity contribution in [2.75, 3.05) is 18.8 Å². The van der Waals surface area contributed by atoms with Crippen LogP contribution in [0.5, 0.6) is 0 Å². The lowest BCUT2D eigenvalue weighted by Crippen LogP contribution is -2.53. The highest BCUT2D eigenvalue weighted by molar-refractivity contribution is 7.89. The molecule has 0 bridgehead atoms. The molecule has 8 heteroatoms. The van der Waals surface area contributed by atoms with Crippen LogP contribution in [0, 0.1) is 0 Å². The Balaban J connectivity index is 2.45. The minimum absolute atomic E-state index is 0.0315. The first kappa shape index (κ1) is 16.8. The number of nitrogens with two attached hydrogens (primary N) is 1. The number of nitrogens with zero attached hydrogens (tertiary/aromatic N) is 1. The lowest BCUT2D eigenvalue weighted by Gasteiger charge is -2.41. The fourth-order valence-electron chi connectivity index (χ4n) is 2.47. The van der Waals surface area contributed by atoms with E-state index in [0.717, 1.165) is 0 Å². The topological polar surface area (TPSA) is 72.6 Å². The molecule has 0 aliphatic carbocycles. The molecule has 21 heavy (non-hydrogen) atoms. The number of hydrogen-bond acceptors (Lipinski definition) is 4. The van der Waals surface area contributed by atoms with E-state index in [0.29, 0.717) is 0 Å². The molecule has 0 radical (unpaired) electrons. The molecule has 0 aromatic heterocycles. The Bertz CT molecular complexity index is 662. The highest BCUT2D eigenvalue weighted by atomic mass is 35.5. The lowest BCUT2D eigenvalue weighted by atomic mass is 10.1. The van der Waals surface area contributed by atoms with Crippen molar-refractivity contribution < 1.29 is 13.2 Å². The number of anilines is 1. The molecule has 118 valence electrons. The van der Waals surface area contributed by atoms with Crippen molar-refractivity contribution in [1.29, 1.82) is 0 Å². The number of halogens is 2. The summed E-state index contributed by atoms with van der Waals surface area (Å²) in [6.45, 7) is 6.05. The molecular formula is C13H18Cl2N2O3S. The average Bonchev–Trinajstić information content (AvgIpc) is 2.33. The standard InChI is InChI=1S/C13H18Cl2N2O3S/c1-8-6-17(7-13(2,3)20-8)21(18,19)10-5-4-9(14)12(16)11(10)15/h4-5,8H,6-7,16H2,1-3H3. The van der Waals surface area contributed by atoms with Gasteiger partial charge in [0.2, 0.25) is 10.0 Å². The monoisotopic (exact) mass is 352 g/mol. The van der Waals surface area contributed by atoms with Gasteiger partial charge in [-0.15, -0.1) is 0 Å². The first-order chi connectivity index (χ1) is 9.54. The molecule has 0 amide bonds. The Kier molecular flexibility index (Phi) is 4.48. The van der Waals surface area contributed by atoms with Gasteiger partial charge >= 0.3 is 0 Å². The normalized spacial score (nSPS) is 23.2. The van der Waals surface area contributed by atoms with Gasteiger partial charge in [0.15, 0.2) is 0 Å². The van der Waals surface area contributed by atoms with E-state index in [2.05, 4.69) is 0 Å². The van der Waals surface area contributed by atoms with Crippen LogP contribution in [0.25, 0.3) is 0 Å². The lowest BCUT2D eigenvalue weighted by molar-refractivity contribution is -0.109. The maximum Gasteiger partial charge on any atom is 0.244 e. The second-order valence-corrected chi connectivity index (χ2v) is 8.45. The summed E-state index contributed by atoms with van der Waals surface area (Å²) >= 11 is 11.9. The number of sulfonamides is 1. The van der Waals surface area contributed by atoms with Crippen LogP contribution in [0.3, 0.4) is 0 Å². The van der Waals surface area contributed by atoms with E-state index in [1.807, 2.05) is 20.8 Å². The van der Waals surface area contributed by atoms with Crippen LogP contribution in [0.1, 0.15) is 20.8 Å². The fourth-order valence-corrected chi connectivity index (χ4v) is 4.87. The van der Waals surface area contributed by atoms with Gasteiger partial charge in [-0.05, 0) is 32.9 Å². The molecule has 0 saturated carbocycles. The van der Waals surface area contributed by atoms with E-state index in [1.165, 1.54) is 16.4 Å². The fraction of sp³-hybridized carbons (Fsp3) is 0.538. The van der Waals surface area contributed by atoms with Gasteiger partial charge in [-0.25, -0.2) is 8.42 Å². The molecule has 2 rings (SSSR count). The smallest absolute Gasteiger partial charge is 0.244 e. The Morgan fingerprint density at radius 3 is 2.57 bits per heavy atom. The Hall–Kier alpha value is -0.530. The van der Waals surface area contributed by atoms with Crippen molar-refractivity contribution in [2.45, 2.75) is 37.4 Å². The summed E-state index contributed by atoms with van der Waals surface area (Å²) in [5, 5.41) is 0.189. The van der Waals surface area contributed by atoms with Crippen LogP contribution >= 0.6 is 23.2 Å². The van der Waals surface area contributed by atoms with E-state index in [9.17, 15) is 8.42 Å². The van der Waals surface area contributed by atoms with Crippen molar-refractivity contribution in [3.8, 4) is 0 Å². The van der Waals surface area contributed by atoms with Gasteiger partial charge in [0.05, 0.1) is 27.4 Å². The quantitative estimate of drug-likeness (QED) is 0.830. The minimum atomic E-state index is -3.75. The Morgan fingerprint density at radius 2 is 2.00 bits per heavy atom. The summed E-state index contributed by atoms with van der Waals surface area (Å²) in [4.78, 5) is -0.0315. The van der Waals surface area contributed by atoms with E-state index in [4.69, 9.17) is 33.7 Å². The maximum absolute atomic E-state index is 12.8. The number of benzene rings is 1. The predicted octanol–water partition coefficient (Wildman–Crippen LogP) is 2.76. The third-order valence-corrected chi connectivity index (χ3v) is 5.95. The molecule has 5 nitrogen and oxygen atoms in total. The van der Waals surface area contributed by atoms with Crippen LogP contribution in [0.2, 0.25) is 10.0 Å². The third-order valence-electron chi connectivity index (χ3n) is 3.25. The molecule has 0 spiro atoms. The summed E-state index contributed by atoms with van der Waals surface area (Å²) < 4.78 is 32.7. The van der Waals surface area contributed by atoms with Crippen LogP contribution < -0.4 is 5.73 Å². The van der Waals surface area contributed by atoms with E-state index < -0.39 is 15.6 Å². The van der Waals surface area contributed by atoms with Gasteiger partial charge in [-0.3, -0.25) is 0 Å². The second-order valence-electron chi connectivity index (χ2n) is 5.76. The van der Waals surface area contributed by atoms with Crippen molar-refractivity contribution in [3.05, 3.63) is 22.2 Å². The second kappa shape index (κ2) is 5.59.